The topological polar surface area (TPSA) is 159 Å². The summed E-state index contributed by atoms with van der Waals surface area (Å²) in [6.07, 6.45) is -2.40. The SMILES string of the molecule is Nc1nc2c([nH]c(=O)n2[C@H]2C[C@@H](O)[C@@H](CO)O2)c(=O)[nH]1. The van der Waals surface area contributed by atoms with Crippen molar-refractivity contribution in [2.45, 2.75) is 24.9 Å². The van der Waals surface area contributed by atoms with E-state index in [0.717, 1.165) is 4.57 Å². The van der Waals surface area contributed by atoms with Gasteiger partial charge in [-0.2, -0.15) is 4.98 Å². The van der Waals surface area contributed by atoms with Gasteiger partial charge in [-0.25, -0.2) is 9.36 Å². The molecule has 2 aromatic rings. The van der Waals surface area contributed by atoms with E-state index in [1.807, 2.05) is 0 Å². The highest BCUT2D eigenvalue weighted by molar-refractivity contribution is 5.70. The number of nitrogen functional groups attached to an aromatic ring is 1. The Morgan fingerprint density at radius 3 is 2.85 bits per heavy atom. The maximum absolute atomic E-state index is 11.9. The lowest BCUT2D eigenvalue weighted by atomic mass is 10.2. The van der Waals surface area contributed by atoms with Crippen LogP contribution in [0.4, 0.5) is 5.95 Å². The standard InChI is InChI=1S/C10H13N5O5/c11-9-13-7-6(8(18)14-9)12-10(19)15(7)5-1-3(17)4(2-16)20-5/h3-5,16-17H,1-2H2,(H,12,19)(H3,11,13,14,18)/t3-,4-,5-/m1/s1. The second-order valence-electron chi connectivity index (χ2n) is 4.56. The van der Waals surface area contributed by atoms with Gasteiger partial charge in [-0.15, -0.1) is 0 Å². The number of aliphatic hydroxyl groups excluding tert-OH is 2. The largest absolute Gasteiger partial charge is 0.394 e. The number of aliphatic hydroxyl groups is 2. The lowest BCUT2D eigenvalue weighted by molar-refractivity contribution is -0.0441. The van der Waals surface area contributed by atoms with E-state index in [4.69, 9.17) is 15.6 Å². The van der Waals surface area contributed by atoms with Crippen LogP contribution in [0.25, 0.3) is 11.2 Å². The van der Waals surface area contributed by atoms with Crippen molar-refractivity contribution in [3.63, 3.8) is 0 Å². The van der Waals surface area contributed by atoms with Gasteiger partial charge in [0.2, 0.25) is 5.95 Å². The van der Waals surface area contributed by atoms with Gasteiger partial charge in [0.05, 0.1) is 12.7 Å². The van der Waals surface area contributed by atoms with E-state index in [0.29, 0.717) is 0 Å². The second kappa shape index (κ2) is 4.44. The highest BCUT2D eigenvalue weighted by atomic mass is 16.5. The van der Waals surface area contributed by atoms with Gasteiger partial charge in [0, 0.05) is 6.42 Å². The number of imidazole rings is 1. The van der Waals surface area contributed by atoms with Gasteiger partial charge in [0.1, 0.15) is 12.3 Å². The summed E-state index contributed by atoms with van der Waals surface area (Å²) in [4.78, 5) is 32.2. The van der Waals surface area contributed by atoms with Gasteiger partial charge in [0.15, 0.2) is 11.2 Å². The van der Waals surface area contributed by atoms with Crippen LogP contribution in [-0.2, 0) is 4.74 Å². The number of aromatic nitrogens is 4. The number of aromatic amines is 2. The van der Waals surface area contributed by atoms with Crippen LogP contribution >= 0.6 is 0 Å². The average molecular weight is 283 g/mol. The molecule has 0 bridgehead atoms. The van der Waals surface area contributed by atoms with Crippen molar-refractivity contribution < 1.29 is 14.9 Å². The van der Waals surface area contributed by atoms with Crippen LogP contribution in [-0.4, -0.2) is 48.5 Å². The maximum Gasteiger partial charge on any atom is 0.329 e. The number of hydrogen-bond acceptors (Lipinski definition) is 7. The summed E-state index contributed by atoms with van der Waals surface area (Å²) in [5.74, 6) is -0.132. The van der Waals surface area contributed by atoms with E-state index in [2.05, 4.69) is 15.0 Å². The van der Waals surface area contributed by atoms with E-state index in [1.165, 1.54) is 0 Å². The predicted octanol–water partition coefficient (Wildman–Crippen LogP) is -2.36. The van der Waals surface area contributed by atoms with Gasteiger partial charge < -0.3 is 20.7 Å². The van der Waals surface area contributed by atoms with Crippen molar-refractivity contribution in [1.82, 2.24) is 19.5 Å². The Hall–Kier alpha value is -2.17. The van der Waals surface area contributed by atoms with Crippen molar-refractivity contribution in [2.24, 2.45) is 0 Å². The average Bonchev–Trinajstić information content (AvgIpc) is 2.89. The van der Waals surface area contributed by atoms with Crippen molar-refractivity contribution >= 4 is 17.1 Å². The number of H-pyrrole nitrogens is 2. The molecular formula is C10H13N5O5. The molecule has 0 aliphatic carbocycles. The quantitative estimate of drug-likeness (QED) is 0.412. The third-order valence-corrected chi connectivity index (χ3v) is 3.27. The number of anilines is 1. The van der Waals surface area contributed by atoms with Crippen LogP contribution in [0.15, 0.2) is 9.59 Å². The van der Waals surface area contributed by atoms with Crippen LogP contribution in [0.1, 0.15) is 12.6 Å². The summed E-state index contributed by atoms with van der Waals surface area (Å²) in [5.41, 5.74) is 4.32. The lowest BCUT2D eigenvalue weighted by Gasteiger charge is -2.12. The van der Waals surface area contributed by atoms with Crippen LogP contribution in [0.5, 0.6) is 0 Å². The maximum atomic E-state index is 11.9. The predicted molar refractivity (Wildman–Crippen MR) is 67.0 cm³/mol. The molecule has 1 fully saturated rings. The Balaban J connectivity index is 2.15. The third kappa shape index (κ3) is 1.81. The molecule has 0 aromatic carbocycles. The van der Waals surface area contributed by atoms with Gasteiger partial charge >= 0.3 is 5.69 Å². The van der Waals surface area contributed by atoms with Gasteiger partial charge in [-0.1, -0.05) is 0 Å². The Morgan fingerprint density at radius 1 is 1.45 bits per heavy atom. The van der Waals surface area contributed by atoms with E-state index >= 15 is 0 Å². The summed E-state index contributed by atoms with van der Waals surface area (Å²) in [6, 6.07) is 0. The number of nitrogens with zero attached hydrogens (tertiary/aromatic N) is 2. The smallest absolute Gasteiger partial charge is 0.329 e. The van der Waals surface area contributed by atoms with Crippen molar-refractivity contribution in [2.75, 3.05) is 12.3 Å². The summed E-state index contributed by atoms with van der Waals surface area (Å²) < 4.78 is 6.50. The molecule has 2 aromatic heterocycles. The van der Waals surface area contributed by atoms with Crippen LogP contribution < -0.4 is 17.0 Å². The molecule has 0 unspecified atom stereocenters. The molecule has 0 radical (unpaired) electrons. The number of nitrogens with two attached hydrogens (primary N) is 1. The van der Waals surface area contributed by atoms with E-state index in [-0.39, 0.29) is 30.1 Å². The Morgan fingerprint density at radius 2 is 2.20 bits per heavy atom. The van der Waals surface area contributed by atoms with Gasteiger partial charge in [-0.3, -0.25) is 14.8 Å². The summed E-state index contributed by atoms with van der Waals surface area (Å²) in [6.45, 7) is -0.370. The molecule has 0 saturated carbocycles. The molecule has 3 heterocycles. The molecular weight excluding hydrogens is 270 g/mol. The number of nitrogens with one attached hydrogen (secondary N) is 2. The van der Waals surface area contributed by atoms with Crippen LogP contribution in [0.3, 0.4) is 0 Å². The molecule has 10 heteroatoms. The molecule has 1 aliphatic heterocycles. The number of ether oxygens (including phenoxy) is 1. The van der Waals surface area contributed by atoms with Crippen LogP contribution in [0, 0.1) is 0 Å². The van der Waals surface area contributed by atoms with Crippen LogP contribution in [0.2, 0.25) is 0 Å². The zero-order valence-electron chi connectivity index (χ0n) is 10.2. The molecule has 0 amide bonds. The molecule has 108 valence electrons. The first-order valence-electron chi connectivity index (χ1n) is 5.95. The minimum absolute atomic E-state index is 0.0188. The molecule has 3 rings (SSSR count). The van der Waals surface area contributed by atoms with Gasteiger partial charge in [0.25, 0.3) is 5.56 Å². The molecule has 20 heavy (non-hydrogen) atoms. The molecule has 0 spiro atoms. The van der Waals surface area contributed by atoms with Gasteiger partial charge in [-0.05, 0) is 0 Å². The van der Waals surface area contributed by atoms with E-state index in [9.17, 15) is 14.7 Å². The molecule has 1 saturated heterocycles. The molecule has 6 N–H and O–H groups in total. The second-order valence-corrected chi connectivity index (χ2v) is 4.56. The Labute approximate surface area is 110 Å². The zero-order valence-corrected chi connectivity index (χ0v) is 10.2. The minimum Gasteiger partial charge on any atom is -0.394 e. The normalized spacial score (nSPS) is 26.4. The summed E-state index contributed by atoms with van der Waals surface area (Å²) >= 11 is 0. The monoisotopic (exact) mass is 283 g/mol. The summed E-state index contributed by atoms with van der Waals surface area (Å²) in [5, 5.41) is 18.8. The molecule has 1 aliphatic rings. The summed E-state index contributed by atoms with van der Waals surface area (Å²) in [7, 11) is 0. The Kier molecular flexibility index (Phi) is 2.85. The Bertz CT molecular complexity index is 761. The van der Waals surface area contributed by atoms with Crippen molar-refractivity contribution in [3.8, 4) is 0 Å². The minimum atomic E-state index is -0.902. The molecule has 3 atom stereocenters. The lowest BCUT2D eigenvalue weighted by Crippen LogP contribution is -2.25. The van der Waals surface area contributed by atoms with E-state index in [1.54, 1.807) is 0 Å². The van der Waals surface area contributed by atoms with Crippen molar-refractivity contribution in [3.05, 3.63) is 20.8 Å². The molecule has 10 nitrogen and oxygen atoms in total. The first kappa shape index (κ1) is 12.8. The first-order valence-corrected chi connectivity index (χ1v) is 5.95. The van der Waals surface area contributed by atoms with Crippen molar-refractivity contribution in [1.29, 1.82) is 0 Å². The highest BCUT2D eigenvalue weighted by Gasteiger charge is 2.36. The van der Waals surface area contributed by atoms with E-state index < -0.39 is 29.7 Å². The fraction of sp³-hybridized carbons (Fsp3) is 0.500. The third-order valence-electron chi connectivity index (χ3n) is 3.27. The zero-order chi connectivity index (χ0) is 14.4. The number of hydrogen-bond donors (Lipinski definition) is 5. The number of rotatable bonds is 2. The fourth-order valence-corrected chi connectivity index (χ4v) is 2.33. The fourth-order valence-electron chi connectivity index (χ4n) is 2.33. The highest BCUT2D eigenvalue weighted by Crippen LogP contribution is 2.28. The number of fused-ring (bicyclic) bond motifs is 1. The first-order chi connectivity index (χ1) is 9.51.